The number of methoxy groups -OCH3 is 1. The van der Waals surface area contributed by atoms with Crippen LogP contribution in [0.4, 0.5) is 5.69 Å². The molecule has 0 aromatic heterocycles. The van der Waals surface area contributed by atoms with Crippen molar-refractivity contribution in [1.82, 2.24) is 0 Å². The molecule has 5 heteroatoms. The van der Waals surface area contributed by atoms with Gasteiger partial charge in [0.2, 0.25) is 0 Å². The van der Waals surface area contributed by atoms with Crippen molar-refractivity contribution < 1.29 is 14.3 Å². The fourth-order valence-corrected chi connectivity index (χ4v) is 2.44. The molecule has 0 spiro atoms. The molecule has 0 radical (unpaired) electrons. The molecule has 1 aliphatic rings. The fraction of sp³-hybridized carbons (Fsp3) is 0.500. The highest BCUT2D eigenvalue weighted by atomic mass is 35.5. The summed E-state index contributed by atoms with van der Waals surface area (Å²) in [6.07, 6.45) is 2.18. The van der Waals surface area contributed by atoms with Crippen LogP contribution in [0, 0.1) is 0 Å². The van der Waals surface area contributed by atoms with E-state index < -0.39 is 5.97 Å². The number of nitrogens with one attached hydrogen (secondary N) is 1. The van der Waals surface area contributed by atoms with Crippen molar-refractivity contribution in [3.63, 3.8) is 0 Å². The van der Waals surface area contributed by atoms with Gasteiger partial charge in [-0.1, -0.05) is 11.6 Å². The molecule has 1 aromatic carbocycles. The summed E-state index contributed by atoms with van der Waals surface area (Å²) in [7, 11) is 1.35. The Hall–Kier alpha value is -1.26. The van der Waals surface area contributed by atoms with Crippen molar-refractivity contribution in [3.05, 3.63) is 28.8 Å². The first kappa shape index (κ1) is 14.2. The number of ether oxygens (including phenoxy) is 2. The number of carbonyl (C=O) groups is 1. The number of benzene rings is 1. The van der Waals surface area contributed by atoms with Gasteiger partial charge >= 0.3 is 5.97 Å². The molecule has 4 nitrogen and oxygen atoms in total. The second-order valence-corrected chi connectivity index (χ2v) is 5.14. The van der Waals surface area contributed by atoms with Gasteiger partial charge in [0.05, 0.1) is 23.8 Å². The number of hydrogen-bond acceptors (Lipinski definition) is 4. The fourth-order valence-electron chi connectivity index (χ4n) is 2.25. The minimum Gasteiger partial charge on any atom is -0.465 e. The number of hydrogen-bond donors (Lipinski definition) is 1. The van der Waals surface area contributed by atoms with Gasteiger partial charge in [-0.3, -0.25) is 0 Å². The lowest BCUT2D eigenvalue weighted by molar-refractivity contribution is 0.0232. The molecule has 1 N–H and O–H groups in total. The molecular weight excluding hydrogens is 266 g/mol. The van der Waals surface area contributed by atoms with Crippen molar-refractivity contribution in [2.45, 2.75) is 31.9 Å². The molecule has 1 saturated heterocycles. The second-order valence-electron chi connectivity index (χ2n) is 4.73. The van der Waals surface area contributed by atoms with Crippen LogP contribution in [0.3, 0.4) is 0 Å². The van der Waals surface area contributed by atoms with Crippen LogP contribution in [-0.4, -0.2) is 31.8 Å². The van der Waals surface area contributed by atoms with Crippen molar-refractivity contribution in [2.75, 3.05) is 19.0 Å². The Labute approximate surface area is 118 Å². The largest absolute Gasteiger partial charge is 0.465 e. The predicted octanol–water partition coefficient (Wildman–Crippen LogP) is 3.11. The van der Waals surface area contributed by atoms with Crippen LogP contribution in [0.15, 0.2) is 18.2 Å². The smallest absolute Gasteiger partial charge is 0.339 e. The molecule has 2 unspecified atom stereocenters. The lowest BCUT2D eigenvalue weighted by Crippen LogP contribution is -2.32. The second kappa shape index (κ2) is 6.26. The number of carbonyl (C=O) groups excluding carboxylic acids is 1. The van der Waals surface area contributed by atoms with E-state index in [9.17, 15) is 4.79 Å². The molecule has 0 amide bonds. The van der Waals surface area contributed by atoms with E-state index in [0.717, 1.165) is 25.1 Å². The SMILES string of the molecule is COC(=O)c1cc(NC2CCOC(C)C2)ccc1Cl. The third kappa shape index (κ3) is 3.61. The van der Waals surface area contributed by atoms with Crippen LogP contribution in [0.1, 0.15) is 30.1 Å². The van der Waals surface area contributed by atoms with E-state index in [1.54, 1.807) is 12.1 Å². The quantitative estimate of drug-likeness (QED) is 0.866. The maximum absolute atomic E-state index is 11.6. The van der Waals surface area contributed by atoms with E-state index in [1.807, 2.05) is 6.07 Å². The van der Waals surface area contributed by atoms with Gasteiger partial charge < -0.3 is 14.8 Å². The molecule has 19 heavy (non-hydrogen) atoms. The number of anilines is 1. The first-order valence-corrected chi connectivity index (χ1v) is 6.74. The number of esters is 1. The highest BCUT2D eigenvalue weighted by Crippen LogP contribution is 2.24. The topological polar surface area (TPSA) is 47.6 Å². The van der Waals surface area contributed by atoms with Crippen LogP contribution in [0.5, 0.6) is 0 Å². The molecule has 0 saturated carbocycles. The molecule has 0 aliphatic carbocycles. The maximum atomic E-state index is 11.6. The molecule has 0 bridgehead atoms. The van der Waals surface area contributed by atoms with E-state index >= 15 is 0 Å². The Bertz CT molecular complexity index is 464. The Morgan fingerprint density at radius 1 is 1.53 bits per heavy atom. The first-order valence-electron chi connectivity index (χ1n) is 6.36. The summed E-state index contributed by atoms with van der Waals surface area (Å²) in [6, 6.07) is 5.66. The van der Waals surface area contributed by atoms with Gasteiger partial charge in [-0.05, 0) is 38.0 Å². The number of rotatable bonds is 3. The van der Waals surface area contributed by atoms with E-state index in [2.05, 4.69) is 12.2 Å². The van der Waals surface area contributed by atoms with Gasteiger partial charge in [-0.25, -0.2) is 4.79 Å². The Kier molecular flexibility index (Phi) is 4.66. The number of halogens is 1. The van der Waals surface area contributed by atoms with Gasteiger partial charge in [0.1, 0.15) is 0 Å². The van der Waals surface area contributed by atoms with E-state index in [4.69, 9.17) is 21.1 Å². The third-order valence-corrected chi connectivity index (χ3v) is 3.56. The normalized spacial score (nSPS) is 22.9. The third-order valence-electron chi connectivity index (χ3n) is 3.23. The molecular formula is C14H18ClNO3. The van der Waals surface area contributed by atoms with Crippen molar-refractivity contribution in [2.24, 2.45) is 0 Å². The molecule has 1 heterocycles. The zero-order valence-corrected chi connectivity index (χ0v) is 11.9. The van der Waals surface area contributed by atoms with Crippen molar-refractivity contribution in [1.29, 1.82) is 0 Å². The minimum absolute atomic E-state index is 0.263. The average molecular weight is 284 g/mol. The zero-order valence-electron chi connectivity index (χ0n) is 11.1. The molecule has 1 aliphatic heterocycles. The molecule has 2 atom stereocenters. The Balaban J connectivity index is 2.10. The summed E-state index contributed by atoms with van der Waals surface area (Å²) >= 11 is 5.99. The lowest BCUT2D eigenvalue weighted by atomic mass is 10.0. The van der Waals surface area contributed by atoms with E-state index in [-0.39, 0.29) is 6.10 Å². The summed E-state index contributed by atoms with van der Waals surface area (Å²) in [5.41, 5.74) is 1.26. The van der Waals surface area contributed by atoms with E-state index in [0.29, 0.717) is 16.6 Å². The van der Waals surface area contributed by atoms with Crippen molar-refractivity contribution in [3.8, 4) is 0 Å². The molecule has 2 rings (SSSR count). The molecule has 104 valence electrons. The Morgan fingerprint density at radius 2 is 2.32 bits per heavy atom. The summed E-state index contributed by atoms with van der Waals surface area (Å²) in [5, 5.41) is 3.81. The lowest BCUT2D eigenvalue weighted by Gasteiger charge is -2.28. The summed E-state index contributed by atoms with van der Waals surface area (Å²) < 4.78 is 10.2. The van der Waals surface area contributed by atoms with Gasteiger partial charge in [-0.15, -0.1) is 0 Å². The standard InChI is InChI=1S/C14H18ClNO3/c1-9-7-11(5-6-19-9)16-10-3-4-13(15)12(8-10)14(17)18-2/h3-4,8-9,11,16H,5-7H2,1-2H3. The van der Waals surface area contributed by atoms with Crippen LogP contribution in [0.25, 0.3) is 0 Å². The summed E-state index contributed by atoms with van der Waals surface area (Å²) in [5.74, 6) is -0.422. The zero-order chi connectivity index (χ0) is 13.8. The van der Waals surface area contributed by atoms with Gasteiger partial charge in [0.15, 0.2) is 0 Å². The highest BCUT2D eigenvalue weighted by molar-refractivity contribution is 6.33. The monoisotopic (exact) mass is 283 g/mol. The van der Waals surface area contributed by atoms with E-state index in [1.165, 1.54) is 7.11 Å². The van der Waals surface area contributed by atoms with Gasteiger partial charge in [0.25, 0.3) is 0 Å². The molecule has 1 aromatic rings. The van der Waals surface area contributed by atoms with Gasteiger partial charge in [-0.2, -0.15) is 0 Å². The minimum atomic E-state index is -0.422. The maximum Gasteiger partial charge on any atom is 0.339 e. The Morgan fingerprint density at radius 3 is 3.00 bits per heavy atom. The first-order chi connectivity index (χ1) is 9.10. The van der Waals surface area contributed by atoms with Gasteiger partial charge in [0, 0.05) is 18.3 Å². The highest BCUT2D eigenvalue weighted by Gasteiger charge is 2.20. The van der Waals surface area contributed by atoms with Crippen LogP contribution >= 0.6 is 11.6 Å². The summed E-state index contributed by atoms with van der Waals surface area (Å²) in [4.78, 5) is 11.6. The van der Waals surface area contributed by atoms with Crippen LogP contribution in [-0.2, 0) is 9.47 Å². The molecule has 1 fully saturated rings. The van der Waals surface area contributed by atoms with Crippen molar-refractivity contribution >= 4 is 23.3 Å². The average Bonchev–Trinajstić information content (AvgIpc) is 2.40. The van der Waals surface area contributed by atoms with Crippen LogP contribution in [0.2, 0.25) is 5.02 Å². The van der Waals surface area contributed by atoms with Crippen LogP contribution < -0.4 is 5.32 Å². The summed E-state index contributed by atoms with van der Waals surface area (Å²) in [6.45, 7) is 2.83. The predicted molar refractivity (Wildman–Crippen MR) is 74.9 cm³/mol.